The summed E-state index contributed by atoms with van der Waals surface area (Å²) in [4.78, 5) is 12.8. The normalized spacial score (nSPS) is 20.6. The van der Waals surface area contributed by atoms with Crippen molar-refractivity contribution in [2.45, 2.75) is 59.4 Å². The average molecular weight is 437 g/mol. The highest BCUT2D eigenvalue weighted by Crippen LogP contribution is 2.36. The molecule has 1 fully saturated rings. The molecule has 0 radical (unpaired) electrons. The number of hydrogen-bond donors (Lipinski definition) is 2. The van der Waals surface area contributed by atoms with E-state index in [1.165, 1.54) is 6.42 Å². The molecule has 0 unspecified atom stereocenters. The van der Waals surface area contributed by atoms with Crippen molar-refractivity contribution in [1.82, 2.24) is 0 Å². The highest BCUT2D eigenvalue weighted by atomic mass is 16.5. The fraction of sp³-hybridized carbons (Fsp3) is 0.444. The molecule has 1 saturated carbocycles. The zero-order valence-electron chi connectivity index (χ0n) is 19.0. The van der Waals surface area contributed by atoms with Gasteiger partial charge in [-0.05, 0) is 67.0 Å². The highest BCUT2D eigenvalue weighted by molar-refractivity contribution is 5.89. The van der Waals surface area contributed by atoms with E-state index in [0.29, 0.717) is 51.5 Å². The number of esters is 1. The Morgan fingerprint density at radius 2 is 1.75 bits per heavy atom. The summed E-state index contributed by atoms with van der Waals surface area (Å²) in [5.74, 6) is 4.43. The summed E-state index contributed by atoms with van der Waals surface area (Å²) in [6.45, 7) is 6.02. The largest absolute Gasteiger partial charge is 0.458 e. The lowest BCUT2D eigenvalue weighted by Crippen LogP contribution is -2.35. The SMILES string of the molecule is C#Cc1cc(CO)c(Oc2ccc(C(=O)O[C@H]3C[C@@H](C)CC[C@@H]3C(C)C)cc2)c(CO)c1. The summed E-state index contributed by atoms with van der Waals surface area (Å²) in [5.41, 5.74) is 1.99. The minimum Gasteiger partial charge on any atom is -0.458 e. The average Bonchev–Trinajstić information content (AvgIpc) is 2.79. The van der Waals surface area contributed by atoms with Crippen LogP contribution in [0.25, 0.3) is 0 Å². The molecule has 2 aromatic carbocycles. The van der Waals surface area contributed by atoms with Crippen molar-refractivity contribution in [3.05, 3.63) is 58.7 Å². The van der Waals surface area contributed by atoms with E-state index in [-0.39, 0.29) is 25.3 Å². The first-order chi connectivity index (χ1) is 15.4. The van der Waals surface area contributed by atoms with Gasteiger partial charge in [0, 0.05) is 16.7 Å². The van der Waals surface area contributed by atoms with Crippen LogP contribution in [0.5, 0.6) is 11.5 Å². The summed E-state index contributed by atoms with van der Waals surface area (Å²) in [7, 11) is 0. The molecule has 0 saturated heterocycles. The second-order valence-electron chi connectivity index (χ2n) is 8.98. The first-order valence-electron chi connectivity index (χ1n) is 11.2. The molecule has 0 aromatic heterocycles. The van der Waals surface area contributed by atoms with Crippen LogP contribution in [0.1, 0.15) is 67.1 Å². The van der Waals surface area contributed by atoms with Gasteiger partial charge in [0.25, 0.3) is 0 Å². The molecule has 1 aliphatic carbocycles. The van der Waals surface area contributed by atoms with Crippen LogP contribution in [-0.2, 0) is 18.0 Å². The Morgan fingerprint density at radius 3 is 2.28 bits per heavy atom. The van der Waals surface area contributed by atoms with Gasteiger partial charge in [0.05, 0.1) is 18.8 Å². The molecule has 0 spiro atoms. The van der Waals surface area contributed by atoms with E-state index < -0.39 is 0 Å². The molecule has 5 heteroatoms. The molecule has 0 amide bonds. The lowest BCUT2D eigenvalue weighted by atomic mass is 9.75. The number of terminal acetylenes is 1. The van der Waals surface area contributed by atoms with E-state index in [4.69, 9.17) is 15.9 Å². The fourth-order valence-corrected chi connectivity index (χ4v) is 4.44. The maximum Gasteiger partial charge on any atom is 0.338 e. The molecule has 3 atom stereocenters. The Bertz CT molecular complexity index is 946. The van der Waals surface area contributed by atoms with Gasteiger partial charge in [0.1, 0.15) is 17.6 Å². The molecule has 32 heavy (non-hydrogen) atoms. The van der Waals surface area contributed by atoms with Crippen LogP contribution >= 0.6 is 0 Å². The monoisotopic (exact) mass is 436 g/mol. The maximum absolute atomic E-state index is 12.8. The van der Waals surface area contributed by atoms with Gasteiger partial charge in [-0.15, -0.1) is 6.42 Å². The highest BCUT2D eigenvalue weighted by Gasteiger charge is 2.33. The van der Waals surface area contributed by atoms with Gasteiger partial charge in [-0.2, -0.15) is 0 Å². The van der Waals surface area contributed by atoms with E-state index in [9.17, 15) is 15.0 Å². The van der Waals surface area contributed by atoms with Gasteiger partial charge in [-0.3, -0.25) is 0 Å². The zero-order valence-corrected chi connectivity index (χ0v) is 19.0. The molecule has 170 valence electrons. The number of rotatable bonds is 7. The van der Waals surface area contributed by atoms with Gasteiger partial charge in [-0.1, -0.05) is 33.1 Å². The van der Waals surface area contributed by atoms with Crippen LogP contribution in [0, 0.1) is 30.1 Å². The smallest absolute Gasteiger partial charge is 0.338 e. The number of aliphatic hydroxyl groups is 2. The van der Waals surface area contributed by atoms with Crippen LogP contribution in [0.2, 0.25) is 0 Å². The number of benzene rings is 2. The second-order valence-corrected chi connectivity index (χ2v) is 8.98. The fourth-order valence-electron chi connectivity index (χ4n) is 4.44. The molecule has 0 aliphatic heterocycles. The Kier molecular flexibility index (Phi) is 7.95. The third-order valence-corrected chi connectivity index (χ3v) is 6.28. The van der Waals surface area contributed by atoms with E-state index in [1.807, 2.05) is 0 Å². The summed E-state index contributed by atoms with van der Waals surface area (Å²) in [6, 6.07) is 9.99. The Labute approximate surface area is 190 Å². The van der Waals surface area contributed by atoms with Crippen molar-refractivity contribution in [3.63, 3.8) is 0 Å². The first kappa shape index (κ1) is 23.8. The van der Waals surface area contributed by atoms with Crippen LogP contribution in [-0.4, -0.2) is 22.3 Å². The molecular weight excluding hydrogens is 404 g/mol. The topological polar surface area (TPSA) is 76.0 Å². The molecule has 0 heterocycles. The third-order valence-electron chi connectivity index (χ3n) is 6.28. The van der Waals surface area contributed by atoms with Gasteiger partial charge in [-0.25, -0.2) is 4.79 Å². The van der Waals surface area contributed by atoms with Crippen LogP contribution in [0.4, 0.5) is 0 Å². The lowest BCUT2D eigenvalue weighted by Gasteiger charge is -2.36. The summed E-state index contributed by atoms with van der Waals surface area (Å²) in [6.07, 6.45) is 8.55. The number of ether oxygens (including phenoxy) is 2. The van der Waals surface area contributed by atoms with Crippen molar-refractivity contribution in [1.29, 1.82) is 0 Å². The minimum absolute atomic E-state index is 0.0592. The second kappa shape index (κ2) is 10.7. The van der Waals surface area contributed by atoms with E-state index in [1.54, 1.807) is 36.4 Å². The van der Waals surface area contributed by atoms with Crippen LogP contribution < -0.4 is 4.74 Å². The third kappa shape index (κ3) is 5.51. The standard InChI is InChI=1S/C27H32O5/c1-5-19-13-21(15-28)26(22(14-19)16-29)31-23-9-7-20(8-10-23)27(30)32-25-12-18(4)6-11-24(25)17(2)3/h1,7-10,13-14,17-18,24-25,28-29H,6,11-12,15-16H2,2-4H3/t18-,24+,25-/m0/s1. The Balaban J connectivity index is 1.74. The van der Waals surface area contributed by atoms with Gasteiger partial charge in [0.2, 0.25) is 0 Å². The Hall–Kier alpha value is -2.81. The molecule has 3 rings (SSSR count). The quantitative estimate of drug-likeness (QED) is 0.469. The van der Waals surface area contributed by atoms with Crippen molar-refractivity contribution < 1.29 is 24.5 Å². The van der Waals surface area contributed by atoms with Crippen LogP contribution in [0.15, 0.2) is 36.4 Å². The summed E-state index contributed by atoms with van der Waals surface area (Å²) >= 11 is 0. The molecule has 2 aromatic rings. The minimum atomic E-state index is -0.327. The first-order valence-corrected chi connectivity index (χ1v) is 11.2. The van der Waals surface area contributed by atoms with Gasteiger partial charge >= 0.3 is 5.97 Å². The van der Waals surface area contributed by atoms with Crippen LogP contribution in [0.3, 0.4) is 0 Å². The predicted octanol–water partition coefficient (Wildman–Crippen LogP) is 5.06. The Morgan fingerprint density at radius 1 is 1.12 bits per heavy atom. The zero-order chi connectivity index (χ0) is 23.3. The van der Waals surface area contributed by atoms with Gasteiger partial charge < -0.3 is 19.7 Å². The number of aliphatic hydroxyl groups excluding tert-OH is 2. The van der Waals surface area contributed by atoms with Crippen molar-refractivity contribution >= 4 is 5.97 Å². The van der Waals surface area contributed by atoms with E-state index in [0.717, 1.165) is 12.8 Å². The van der Waals surface area contributed by atoms with Gasteiger partial charge in [0.15, 0.2) is 0 Å². The number of carbonyl (C=O) groups is 1. The molecule has 2 N–H and O–H groups in total. The van der Waals surface area contributed by atoms with Crippen molar-refractivity contribution in [3.8, 4) is 23.8 Å². The molecular formula is C27H32O5. The molecule has 5 nitrogen and oxygen atoms in total. The van der Waals surface area contributed by atoms with E-state index in [2.05, 4.69) is 26.7 Å². The van der Waals surface area contributed by atoms with E-state index >= 15 is 0 Å². The molecule has 0 bridgehead atoms. The van der Waals surface area contributed by atoms with Crippen molar-refractivity contribution in [2.75, 3.05) is 0 Å². The number of hydrogen-bond acceptors (Lipinski definition) is 5. The maximum atomic E-state index is 12.8. The number of carbonyl (C=O) groups excluding carboxylic acids is 1. The lowest BCUT2D eigenvalue weighted by molar-refractivity contribution is -0.0174. The predicted molar refractivity (Wildman–Crippen MR) is 123 cm³/mol. The molecule has 1 aliphatic rings. The van der Waals surface area contributed by atoms with Crippen molar-refractivity contribution in [2.24, 2.45) is 17.8 Å². The summed E-state index contributed by atoms with van der Waals surface area (Å²) in [5, 5.41) is 19.4. The summed E-state index contributed by atoms with van der Waals surface area (Å²) < 4.78 is 11.8.